The van der Waals surface area contributed by atoms with Crippen molar-refractivity contribution < 1.29 is 4.79 Å². The van der Waals surface area contributed by atoms with E-state index in [0.717, 1.165) is 0 Å². The normalized spacial score (nSPS) is 10.3. The molecule has 0 unspecified atom stereocenters. The first kappa shape index (κ1) is 11.6. The molecule has 1 amide bonds. The summed E-state index contributed by atoms with van der Waals surface area (Å²) < 4.78 is 1.49. The zero-order valence-electron chi connectivity index (χ0n) is 9.46. The Kier molecular flexibility index (Phi) is 3.10. The minimum absolute atomic E-state index is 0.157. The fraction of sp³-hybridized carbons (Fsp3) is 0.182. The van der Waals surface area contributed by atoms with Gasteiger partial charge in [-0.25, -0.2) is 9.67 Å². The van der Waals surface area contributed by atoms with Crippen LogP contribution < -0.4 is 0 Å². The summed E-state index contributed by atoms with van der Waals surface area (Å²) >= 11 is 5.99. The van der Waals surface area contributed by atoms with E-state index in [9.17, 15) is 4.79 Å². The molecule has 0 aliphatic heterocycles. The molecule has 0 spiro atoms. The molecule has 0 atom stereocenters. The molecule has 0 saturated heterocycles. The van der Waals surface area contributed by atoms with Gasteiger partial charge in [-0.15, -0.1) is 0 Å². The fourth-order valence-corrected chi connectivity index (χ4v) is 1.54. The number of pyridine rings is 1. The first-order valence-corrected chi connectivity index (χ1v) is 5.35. The summed E-state index contributed by atoms with van der Waals surface area (Å²) in [6.45, 7) is 0. The first-order valence-electron chi connectivity index (χ1n) is 4.98. The Morgan fingerprint density at radius 1 is 1.41 bits per heavy atom. The Labute approximate surface area is 104 Å². The molecule has 2 heterocycles. The van der Waals surface area contributed by atoms with Crippen molar-refractivity contribution in [3.05, 3.63) is 41.3 Å². The average Bonchev–Trinajstić information content (AvgIpc) is 2.77. The Bertz CT molecular complexity index is 550. The van der Waals surface area contributed by atoms with Gasteiger partial charge in [-0.1, -0.05) is 11.6 Å². The smallest absolute Gasteiger partial charge is 0.273 e. The molecule has 2 aromatic heterocycles. The van der Waals surface area contributed by atoms with Crippen LogP contribution in [0, 0.1) is 0 Å². The number of carbonyl (C=O) groups excluding carboxylic acids is 1. The summed E-state index contributed by atoms with van der Waals surface area (Å²) in [7, 11) is 3.35. The Morgan fingerprint density at radius 2 is 2.18 bits per heavy atom. The molecule has 0 aliphatic carbocycles. The zero-order valence-corrected chi connectivity index (χ0v) is 10.2. The predicted octanol–water partition coefficient (Wildman–Crippen LogP) is 1.62. The van der Waals surface area contributed by atoms with E-state index in [-0.39, 0.29) is 5.91 Å². The van der Waals surface area contributed by atoms with Gasteiger partial charge in [0.1, 0.15) is 0 Å². The van der Waals surface area contributed by atoms with Crippen molar-refractivity contribution in [1.82, 2.24) is 19.7 Å². The molecule has 0 fully saturated rings. The third kappa shape index (κ3) is 2.29. The van der Waals surface area contributed by atoms with E-state index in [1.165, 1.54) is 9.58 Å². The van der Waals surface area contributed by atoms with Gasteiger partial charge in [0.15, 0.2) is 11.5 Å². The molecule has 0 aromatic carbocycles. The largest absolute Gasteiger partial charge is 0.343 e. The highest BCUT2D eigenvalue weighted by Gasteiger charge is 2.13. The number of carbonyl (C=O) groups is 1. The van der Waals surface area contributed by atoms with Crippen molar-refractivity contribution in [2.75, 3.05) is 14.1 Å². The van der Waals surface area contributed by atoms with Crippen LogP contribution in [0.1, 0.15) is 10.5 Å². The third-order valence-electron chi connectivity index (χ3n) is 2.17. The van der Waals surface area contributed by atoms with E-state index in [1.807, 2.05) is 0 Å². The highest BCUT2D eigenvalue weighted by Crippen LogP contribution is 2.16. The van der Waals surface area contributed by atoms with Crippen LogP contribution in [0.2, 0.25) is 5.02 Å². The summed E-state index contributed by atoms with van der Waals surface area (Å²) in [5, 5.41) is 4.63. The number of amides is 1. The van der Waals surface area contributed by atoms with Gasteiger partial charge in [0.2, 0.25) is 0 Å². The Hall–Kier alpha value is -1.88. The van der Waals surface area contributed by atoms with Crippen LogP contribution in [0.15, 0.2) is 30.6 Å². The lowest BCUT2D eigenvalue weighted by atomic mass is 10.4. The van der Waals surface area contributed by atoms with Gasteiger partial charge in [-0.3, -0.25) is 4.79 Å². The summed E-state index contributed by atoms with van der Waals surface area (Å²) in [6, 6.07) is 5.09. The lowest BCUT2D eigenvalue weighted by molar-refractivity contribution is 0.0821. The molecule has 5 nitrogen and oxygen atoms in total. The van der Waals surface area contributed by atoms with Gasteiger partial charge in [0, 0.05) is 26.5 Å². The van der Waals surface area contributed by atoms with E-state index in [1.54, 1.807) is 44.7 Å². The highest BCUT2D eigenvalue weighted by atomic mass is 35.5. The third-order valence-corrected chi connectivity index (χ3v) is 2.47. The summed E-state index contributed by atoms with van der Waals surface area (Å²) in [5.41, 5.74) is 0.358. The van der Waals surface area contributed by atoms with Crippen molar-refractivity contribution in [3.8, 4) is 5.82 Å². The molecule has 0 aliphatic rings. The summed E-state index contributed by atoms with van der Waals surface area (Å²) in [5.74, 6) is 0.350. The van der Waals surface area contributed by atoms with Gasteiger partial charge in [-0.05, 0) is 18.2 Å². The summed E-state index contributed by atoms with van der Waals surface area (Å²) in [6.07, 6.45) is 3.28. The number of aromatic nitrogens is 3. The number of halogens is 1. The Balaban J connectivity index is 2.37. The van der Waals surface area contributed by atoms with Crippen LogP contribution in [0.3, 0.4) is 0 Å². The highest BCUT2D eigenvalue weighted by molar-refractivity contribution is 6.32. The van der Waals surface area contributed by atoms with Crippen LogP contribution >= 0.6 is 11.6 Å². The number of rotatable bonds is 2. The topological polar surface area (TPSA) is 51.0 Å². The second-order valence-corrected chi connectivity index (χ2v) is 4.06. The lowest BCUT2D eigenvalue weighted by Crippen LogP contribution is -2.22. The number of hydrogen-bond donors (Lipinski definition) is 0. The maximum Gasteiger partial charge on any atom is 0.273 e. The van der Waals surface area contributed by atoms with Crippen molar-refractivity contribution >= 4 is 17.5 Å². The van der Waals surface area contributed by atoms with Gasteiger partial charge in [-0.2, -0.15) is 5.10 Å². The van der Waals surface area contributed by atoms with Crippen LogP contribution in [-0.2, 0) is 0 Å². The van der Waals surface area contributed by atoms with E-state index in [2.05, 4.69) is 10.1 Å². The molecular weight excluding hydrogens is 240 g/mol. The molecule has 6 heteroatoms. The van der Waals surface area contributed by atoms with E-state index < -0.39 is 0 Å². The van der Waals surface area contributed by atoms with Crippen LogP contribution in [0.25, 0.3) is 5.82 Å². The van der Waals surface area contributed by atoms with Gasteiger partial charge in [0.05, 0.1) is 5.02 Å². The minimum Gasteiger partial charge on any atom is -0.343 e. The van der Waals surface area contributed by atoms with Crippen LogP contribution in [0.5, 0.6) is 0 Å². The second kappa shape index (κ2) is 4.55. The van der Waals surface area contributed by atoms with E-state index >= 15 is 0 Å². The zero-order chi connectivity index (χ0) is 12.4. The number of nitrogens with zero attached hydrogens (tertiary/aromatic N) is 4. The van der Waals surface area contributed by atoms with Gasteiger partial charge < -0.3 is 4.90 Å². The first-order chi connectivity index (χ1) is 8.09. The lowest BCUT2D eigenvalue weighted by Gasteiger charge is -2.07. The number of hydrogen-bond acceptors (Lipinski definition) is 3. The molecule has 0 N–H and O–H groups in total. The predicted molar refractivity (Wildman–Crippen MR) is 64.4 cm³/mol. The van der Waals surface area contributed by atoms with Gasteiger partial charge >= 0.3 is 0 Å². The molecule has 0 radical (unpaired) electrons. The minimum atomic E-state index is -0.157. The SMILES string of the molecule is CN(C)C(=O)c1ccn(-c2ncccc2Cl)n1. The monoisotopic (exact) mass is 250 g/mol. The Morgan fingerprint density at radius 3 is 2.82 bits per heavy atom. The van der Waals surface area contributed by atoms with Crippen molar-refractivity contribution in [2.24, 2.45) is 0 Å². The van der Waals surface area contributed by atoms with Crippen LogP contribution in [-0.4, -0.2) is 39.7 Å². The van der Waals surface area contributed by atoms with Crippen LogP contribution in [0.4, 0.5) is 0 Å². The molecule has 2 aromatic rings. The quantitative estimate of drug-likeness (QED) is 0.814. The maximum absolute atomic E-state index is 11.7. The molecular formula is C11H11ClN4O. The van der Waals surface area contributed by atoms with E-state index in [4.69, 9.17) is 11.6 Å². The van der Waals surface area contributed by atoms with Gasteiger partial charge in [0.25, 0.3) is 5.91 Å². The molecule has 0 bridgehead atoms. The molecule has 17 heavy (non-hydrogen) atoms. The molecule has 88 valence electrons. The summed E-state index contributed by atoms with van der Waals surface area (Å²) in [4.78, 5) is 17.2. The second-order valence-electron chi connectivity index (χ2n) is 3.65. The fourth-order valence-electron chi connectivity index (χ4n) is 1.33. The standard InChI is InChI=1S/C11H11ClN4O/c1-15(2)11(17)9-5-7-16(14-9)10-8(12)4-3-6-13-10/h3-7H,1-2H3. The average molecular weight is 251 g/mol. The molecule has 0 saturated carbocycles. The van der Waals surface area contributed by atoms with Crippen molar-refractivity contribution in [3.63, 3.8) is 0 Å². The van der Waals surface area contributed by atoms with Crippen molar-refractivity contribution in [1.29, 1.82) is 0 Å². The maximum atomic E-state index is 11.7. The molecule has 2 rings (SSSR count). The van der Waals surface area contributed by atoms with Crippen molar-refractivity contribution in [2.45, 2.75) is 0 Å². The van der Waals surface area contributed by atoms with E-state index in [0.29, 0.717) is 16.5 Å².